The minimum atomic E-state index is -0.308. The van der Waals surface area contributed by atoms with Crippen LogP contribution in [0.25, 0.3) is 22.3 Å². The average Bonchev–Trinajstić information content (AvgIpc) is 3.32. The minimum Gasteiger partial charge on any atom is -0.494 e. The van der Waals surface area contributed by atoms with E-state index in [0.717, 1.165) is 35.4 Å². The normalized spacial score (nSPS) is 10.9. The number of hydrogen-bond donors (Lipinski definition) is 3. The number of fused-ring (bicyclic) bond motifs is 1. The van der Waals surface area contributed by atoms with Crippen molar-refractivity contribution in [3.8, 4) is 17.1 Å². The second-order valence-electron chi connectivity index (χ2n) is 8.50. The molecule has 0 spiro atoms. The van der Waals surface area contributed by atoms with Crippen molar-refractivity contribution in [2.45, 2.75) is 0 Å². The molecular formula is C26H30N8O2. The zero-order chi connectivity index (χ0) is 25.7. The van der Waals surface area contributed by atoms with Crippen LogP contribution >= 0.6 is 0 Å². The fraction of sp³-hybridized carbons (Fsp3) is 0.231. The van der Waals surface area contributed by atoms with E-state index in [1.54, 1.807) is 13.3 Å². The minimum absolute atomic E-state index is 0.308. The van der Waals surface area contributed by atoms with Gasteiger partial charge >= 0.3 is 0 Å². The highest BCUT2D eigenvalue weighted by Gasteiger charge is 2.17. The molecule has 0 bridgehead atoms. The molecule has 4 aromatic rings. The van der Waals surface area contributed by atoms with Gasteiger partial charge in [-0.25, -0.2) is 9.97 Å². The molecule has 0 fully saturated rings. The molecule has 2 heterocycles. The zero-order valence-corrected chi connectivity index (χ0v) is 20.9. The van der Waals surface area contributed by atoms with E-state index in [1.165, 1.54) is 6.08 Å². The predicted octanol–water partition coefficient (Wildman–Crippen LogP) is 3.89. The van der Waals surface area contributed by atoms with Crippen LogP contribution in [0, 0.1) is 0 Å². The number of aromatic nitrogens is 4. The van der Waals surface area contributed by atoms with Gasteiger partial charge in [0.25, 0.3) is 0 Å². The van der Waals surface area contributed by atoms with Gasteiger partial charge in [0.2, 0.25) is 11.9 Å². The Hall–Kier alpha value is -4.44. The summed E-state index contributed by atoms with van der Waals surface area (Å²) in [4.78, 5) is 25.4. The van der Waals surface area contributed by atoms with Crippen molar-refractivity contribution in [2.24, 2.45) is 0 Å². The van der Waals surface area contributed by atoms with Crippen molar-refractivity contribution in [1.29, 1.82) is 0 Å². The lowest BCUT2D eigenvalue weighted by molar-refractivity contribution is -0.111. The highest BCUT2D eigenvalue weighted by Crippen LogP contribution is 2.38. The van der Waals surface area contributed by atoms with Crippen LogP contribution in [0.1, 0.15) is 0 Å². The maximum Gasteiger partial charge on any atom is 0.247 e. The summed E-state index contributed by atoms with van der Waals surface area (Å²) in [7, 11) is 7.60. The van der Waals surface area contributed by atoms with Crippen LogP contribution in [0.3, 0.4) is 0 Å². The van der Waals surface area contributed by atoms with Gasteiger partial charge < -0.3 is 25.2 Å². The van der Waals surface area contributed by atoms with Gasteiger partial charge in [-0.15, -0.1) is 0 Å². The van der Waals surface area contributed by atoms with Gasteiger partial charge in [0, 0.05) is 37.8 Å². The lowest BCUT2D eigenvalue weighted by atomic mass is 10.1. The number of hydrogen-bond acceptors (Lipinski definition) is 8. The quantitative estimate of drug-likeness (QED) is 0.290. The third-order valence-corrected chi connectivity index (χ3v) is 5.67. The third-order valence-electron chi connectivity index (χ3n) is 5.67. The van der Waals surface area contributed by atoms with Crippen LogP contribution in [0.15, 0.2) is 61.3 Å². The van der Waals surface area contributed by atoms with E-state index in [1.807, 2.05) is 63.6 Å². The lowest BCUT2D eigenvalue weighted by Gasteiger charge is -2.26. The molecule has 0 atom stereocenters. The molecule has 1 amide bonds. The van der Waals surface area contributed by atoms with Gasteiger partial charge in [-0.05, 0) is 38.4 Å². The van der Waals surface area contributed by atoms with Crippen molar-refractivity contribution in [3.63, 3.8) is 0 Å². The first-order valence-electron chi connectivity index (χ1n) is 11.4. The maximum atomic E-state index is 12.2. The summed E-state index contributed by atoms with van der Waals surface area (Å²) in [6.45, 7) is 5.17. The molecule has 3 N–H and O–H groups in total. The first kappa shape index (κ1) is 24.7. The molecule has 0 aliphatic rings. The van der Waals surface area contributed by atoms with Crippen LogP contribution in [0.5, 0.6) is 5.75 Å². The molecule has 2 aromatic heterocycles. The summed E-state index contributed by atoms with van der Waals surface area (Å²) >= 11 is 0. The van der Waals surface area contributed by atoms with Crippen molar-refractivity contribution in [1.82, 2.24) is 25.1 Å². The van der Waals surface area contributed by atoms with Gasteiger partial charge in [-0.1, -0.05) is 24.8 Å². The Morgan fingerprint density at radius 2 is 1.94 bits per heavy atom. The fourth-order valence-electron chi connectivity index (χ4n) is 3.74. The summed E-state index contributed by atoms with van der Waals surface area (Å²) in [6, 6.07) is 13.4. The van der Waals surface area contributed by atoms with E-state index < -0.39 is 0 Å². The number of nitrogens with zero attached hydrogens (tertiary/aromatic N) is 5. The standard InChI is InChI=1S/C26H30N8O2/c1-6-24(35)28-20-15-21(23(36-5)16-22(20)34(4)14-13-33(2)3)30-26-27-12-11-19(29-26)25-17-9-7-8-10-18(17)31-32-25/h6-12,15-16H,1,13-14H2,2-5H3,(H,28,35)(H,31,32)(H,27,29,30). The number of para-hydroxylation sites is 1. The molecule has 0 aliphatic heterocycles. The van der Waals surface area contributed by atoms with Gasteiger partial charge in [0.05, 0.1) is 35.4 Å². The van der Waals surface area contributed by atoms with E-state index in [2.05, 4.69) is 47.2 Å². The van der Waals surface area contributed by atoms with Crippen LogP contribution < -0.4 is 20.3 Å². The van der Waals surface area contributed by atoms with Gasteiger partial charge in [0.15, 0.2) is 0 Å². The third kappa shape index (κ3) is 5.44. The smallest absolute Gasteiger partial charge is 0.247 e. The number of H-pyrrole nitrogens is 1. The molecule has 4 rings (SSSR count). The van der Waals surface area contributed by atoms with E-state index in [4.69, 9.17) is 4.74 Å². The Morgan fingerprint density at radius 1 is 1.14 bits per heavy atom. The molecule has 10 nitrogen and oxygen atoms in total. The first-order chi connectivity index (χ1) is 17.4. The SMILES string of the molecule is C=CC(=O)Nc1cc(Nc2nccc(-c3n[nH]c4ccccc34)n2)c(OC)cc1N(C)CCN(C)C. The number of nitrogens with one attached hydrogen (secondary N) is 3. The van der Waals surface area contributed by atoms with E-state index in [-0.39, 0.29) is 5.91 Å². The number of amides is 1. The van der Waals surface area contributed by atoms with E-state index >= 15 is 0 Å². The number of rotatable bonds is 10. The van der Waals surface area contributed by atoms with Crippen molar-refractivity contribution in [2.75, 3.05) is 56.9 Å². The summed E-state index contributed by atoms with van der Waals surface area (Å²) in [6.07, 6.45) is 2.91. The number of benzene rings is 2. The van der Waals surface area contributed by atoms with Crippen LogP contribution in [-0.2, 0) is 4.79 Å². The molecule has 186 valence electrons. The van der Waals surface area contributed by atoms with Crippen LogP contribution in [0.4, 0.5) is 23.0 Å². The summed E-state index contributed by atoms with van der Waals surface area (Å²) in [5.41, 5.74) is 4.36. The number of ether oxygens (including phenoxy) is 1. The molecule has 0 radical (unpaired) electrons. The summed E-state index contributed by atoms with van der Waals surface area (Å²) < 4.78 is 5.68. The zero-order valence-electron chi connectivity index (χ0n) is 20.9. The topological polar surface area (TPSA) is 111 Å². The molecule has 0 unspecified atom stereocenters. The molecule has 36 heavy (non-hydrogen) atoms. The average molecular weight is 487 g/mol. The highest BCUT2D eigenvalue weighted by molar-refractivity contribution is 6.02. The lowest BCUT2D eigenvalue weighted by Crippen LogP contribution is -2.29. The second-order valence-corrected chi connectivity index (χ2v) is 8.50. The number of methoxy groups -OCH3 is 1. The van der Waals surface area contributed by atoms with Crippen LogP contribution in [-0.4, -0.2) is 72.3 Å². The Bertz CT molecular complexity index is 1380. The summed E-state index contributed by atoms with van der Waals surface area (Å²) in [5, 5.41) is 14.6. The number of anilines is 4. The molecular weight excluding hydrogens is 456 g/mol. The number of aromatic amines is 1. The largest absolute Gasteiger partial charge is 0.494 e. The van der Waals surface area contributed by atoms with Gasteiger partial charge in [-0.3, -0.25) is 9.89 Å². The molecule has 10 heteroatoms. The molecule has 2 aromatic carbocycles. The Kier molecular flexibility index (Phi) is 7.45. The molecule has 0 aliphatic carbocycles. The van der Waals surface area contributed by atoms with Crippen molar-refractivity contribution in [3.05, 3.63) is 61.3 Å². The highest BCUT2D eigenvalue weighted by atomic mass is 16.5. The second kappa shape index (κ2) is 10.9. The van der Waals surface area contributed by atoms with Crippen LogP contribution in [0.2, 0.25) is 0 Å². The Balaban J connectivity index is 1.69. The number of likely N-dealkylation sites (N-methyl/N-ethyl adjacent to an activating group) is 2. The van der Waals surface area contributed by atoms with Gasteiger partial charge in [-0.2, -0.15) is 5.10 Å². The Labute approximate surface area is 210 Å². The van der Waals surface area contributed by atoms with Crippen molar-refractivity contribution < 1.29 is 9.53 Å². The molecule has 0 saturated carbocycles. The summed E-state index contributed by atoms with van der Waals surface area (Å²) in [5.74, 6) is 0.641. The van der Waals surface area contributed by atoms with Gasteiger partial charge in [0.1, 0.15) is 11.4 Å². The number of carbonyl (C=O) groups is 1. The van der Waals surface area contributed by atoms with E-state index in [0.29, 0.717) is 28.8 Å². The monoisotopic (exact) mass is 486 g/mol. The Morgan fingerprint density at radius 3 is 2.69 bits per heavy atom. The first-order valence-corrected chi connectivity index (χ1v) is 11.4. The fourth-order valence-corrected chi connectivity index (χ4v) is 3.74. The van der Waals surface area contributed by atoms with E-state index in [9.17, 15) is 4.79 Å². The predicted molar refractivity (Wildman–Crippen MR) is 144 cm³/mol. The molecule has 0 saturated heterocycles. The number of carbonyl (C=O) groups excluding carboxylic acids is 1. The van der Waals surface area contributed by atoms with Crippen molar-refractivity contribution >= 4 is 39.8 Å². The maximum absolute atomic E-state index is 12.2.